The van der Waals surface area contributed by atoms with Crippen molar-refractivity contribution in [3.8, 4) is 5.75 Å². The highest BCUT2D eigenvalue weighted by Gasteiger charge is 2.13. The molecule has 1 atom stereocenters. The van der Waals surface area contributed by atoms with Crippen LogP contribution in [0.2, 0.25) is 0 Å². The Kier molecular flexibility index (Phi) is 7.50. The van der Waals surface area contributed by atoms with Crippen molar-refractivity contribution in [1.82, 2.24) is 0 Å². The Labute approximate surface area is 134 Å². The Hall–Kier alpha value is -0.620. The first-order valence-electron chi connectivity index (χ1n) is 7.43. The quantitative estimate of drug-likeness (QED) is 0.665. The number of halogens is 1. The molecule has 0 amide bonds. The SMILES string of the molecule is COCCc1cc(Br)ccc1OCCOC1CCCCO1. The molecule has 1 aliphatic rings. The second-order valence-electron chi connectivity index (χ2n) is 5.01. The van der Waals surface area contributed by atoms with Gasteiger partial charge in [0.1, 0.15) is 12.4 Å². The van der Waals surface area contributed by atoms with E-state index in [1.807, 2.05) is 12.1 Å². The van der Waals surface area contributed by atoms with E-state index in [0.29, 0.717) is 19.8 Å². The van der Waals surface area contributed by atoms with Crippen LogP contribution in [0.1, 0.15) is 24.8 Å². The molecule has 1 aromatic carbocycles. The third kappa shape index (κ3) is 5.94. The van der Waals surface area contributed by atoms with E-state index in [9.17, 15) is 0 Å². The first-order valence-corrected chi connectivity index (χ1v) is 8.22. The highest BCUT2D eigenvalue weighted by Crippen LogP contribution is 2.24. The van der Waals surface area contributed by atoms with Gasteiger partial charge in [0.25, 0.3) is 0 Å². The minimum Gasteiger partial charge on any atom is -0.491 e. The van der Waals surface area contributed by atoms with E-state index in [0.717, 1.165) is 41.7 Å². The molecular formula is C16H23BrO4. The lowest BCUT2D eigenvalue weighted by Crippen LogP contribution is -2.24. The molecule has 0 N–H and O–H groups in total. The topological polar surface area (TPSA) is 36.9 Å². The van der Waals surface area contributed by atoms with Gasteiger partial charge in [0.05, 0.1) is 13.2 Å². The van der Waals surface area contributed by atoms with E-state index in [2.05, 4.69) is 22.0 Å². The fraction of sp³-hybridized carbons (Fsp3) is 0.625. The van der Waals surface area contributed by atoms with Gasteiger partial charge in [-0.05, 0) is 49.4 Å². The summed E-state index contributed by atoms with van der Waals surface area (Å²) < 4.78 is 23.2. The van der Waals surface area contributed by atoms with Gasteiger partial charge in [0.15, 0.2) is 6.29 Å². The third-order valence-electron chi connectivity index (χ3n) is 3.38. The Balaban J connectivity index is 1.76. The standard InChI is InChI=1S/C16H23BrO4/c1-18-9-7-13-12-14(17)5-6-15(13)19-10-11-21-16-4-2-3-8-20-16/h5-6,12,16H,2-4,7-11H2,1H3. The molecule has 0 spiro atoms. The summed E-state index contributed by atoms with van der Waals surface area (Å²) in [5.74, 6) is 0.892. The van der Waals surface area contributed by atoms with Crippen molar-refractivity contribution >= 4 is 15.9 Å². The average molecular weight is 359 g/mol. The molecule has 1 aliphatic heterocycles. The molecule has 0 aromatic heterocycles. The first-order chi connectivity index (χ1) is 10.3. The number of rotatable bonds is 8. The lowest BCUT2D eigenvalue weighted by molar-refractivity contribution is -0.165. The Morgan fingerprint density at radius 3 is 2.90 bits per heavy atom. The summed E-state index contributed by atoms with van der Waals surface area (Å²) in [6.45, 7) is 2.56. The highest BCUT2D eigenvalue weighted by atomic mass is 79.9. The maximum atomic E-state index is 5.82. The molecule has 4 nitrogen and oxygen atoms in total. The molecule has 2 rings (SSSR count). The van der Waals surface area contributed by atoms with E-state index in [1.165, 1.54) is 6.42 Å². The third-order valence-corrected chi connectivity index (χ3v) is 3.87. The van der Waals surface area contributed by atoms with Crippen molar-refractivity contribution in [1.29, 1.82) is 0 Å². The molecule has 5 heteroatoms. The van der Waals surface area contributed by atoms with Crippen LogP contribution in [0, 0.1) is 0 Å². The van der Waals surface area contributed by atoms with Gasteiger partial charge in [-0.2, -0.15) is 0 Å². The zero-order valence-electron chi connectivity index (χ0n) is 12.5. The maximum Gasteiger partial charge on any atom is 0.157 e. The fourth-order valence-corrected chi connectivity index (χ4v) is 2.68. The van der Waals surface area contributed by atoms with E-state index < -0.39 is 0 Å². The fourth-order valence-electron chi connectivity index (χ4n) is 2.27. The largest absolute Gasteiger partial charge is 0.491 e. The van der Waals surface area contributed by atoms with Crippen LogP contribution in [0.15, 0.2) is 22.7 Å². The van der Waals surface area contributed by atoms with Crippen molar-refractivity contribution in [2.75, 3.05) is 33.5 Å². The lowest BCUT2D eigenvalue weighted by atomic mass is 10.1. The zero-order valence-corrected chi connectivity index (χ0v) is 14.1. The Morgan fingerprint density at radius 2 is 2.14 bits per heavy atom. The molecule has 1 heterocycles. The van der Waals surface area contributed by atoms with E-state index in [4.69, 9.17) is 18.9 Å². The summed E-state index contributed by atoms with van der Waals surface area (Å²) in [5, 5.41) is 0. The number of hydrogen-bond donors (Lipinski definition) is 0. The monoisotopic (exact) mass is 358 g/mol. The second-order valence-corrected chi connectivity index (χ2v) is 5.93. The molecule has 0 bridgehead atoms. The normalized spacial score (nSPS) is 18.7. The predicted octanol–water partition coefficient (Wildman–Crippen LogP) is 3.56. The zero-order chi connectivity index (χ0) is 14.9. The number of methoxy groups -OCH3 is 1. The summed E-state index contributed by atoms with van der Waals surface area (Å²) in [6.07, 6.45) is 4.08. The number of benzene rings is 1. The molecule has 0 radical (unpaired) electrons. The first kappa shape index (κ1) is 16.7. The van der Waals surface area contributed by atoms with Gasteiger partial charge in [-0.15, -0.1) is 0 Å². The van der Waals surface area contributed by atoms with Gasteiger partial charge in [-0.3, -0.25) is 0 Å². The molecular weight excluding hydrogens is 336 g/mol. The minimum atomic E-state index is -0.0553. The van der Waals surface area contributed by atoms with Gasteiger partial charge in [-0.1, -0.05) is 15.9 Å². The van der Waals surface area contributed by atoms with Crippen molar-refractivity contribution < 1.29 is 18.9 Å². The minimum absolute atomic E-state index is 0.0553. The van der Waals surface area contributed by atoms with E-state index in [1.54, 1.807) is 7.11 Å². The summed E-state index contributed by atoms with van der Waals surface area (Å²) >= 11 is 3.48. The molecule has 1 fully saturated rings. The van der Waals surface area contributed by atoms with Crippen LogP contribution in [-0.2, 0) is 20.6 Å². The van der Waals surface area contributed by atoms with Crippen LogP contribution in [0.25, 0.3) is 0 Å². The van der Waals surface area contributed by atoms with Crippen molar-refractivity contribution in [2.24, 2.45) is 0 Å². The molecule has 1 unspecified atom stereocenters. The van der Waals surface area contributed by atoms with Gasteiger partial charge in [0, 0.05) is 18.2 Å². The average Bonchev–Trinajstić information content (AvgIpc) is 2.52. The van der Waals surface area contributed by atoms with Crippen LogP contribution in [0.5, 0.6) is 5.75 Å². The van der Waals surface area contributed by atoms with Crippen molar-refractivity contribution in [3.63, 3.8) is 0 Å². The van der Waals surface area contributed by atoms with Crippen LogP contribution >= 0.6 is 15.9 Å². The molecule has 21 heavy (non-hydrogen) atoms. The van der Waals surface area contributed by atoms with Crippen molar-refractivity contribution in [3.05, 3.63) is 28.2 Å². The Morgan fingerprint density at radius 1 is 1.24 bits per heavy atom. The second kappa shape index (κ2) is 9.41. The van der Waals surface area contributed by atoms with E-state index >= 15 is 0 Å². The maximum absolute atomic E-state index is 5.82. The number of ether oxygens (including phenoxy) is 4. The molecule has 0 aliphatic carbocycles. The van der Waals surface area contributed by atoms with E-state index in [-0.39, 0.29) is 6.29 Å². The van der Waals surface area contributed by atoms with Gasteiger partial charge in [-0.25, -0.2) is 0 Å². The summed E-state index contributed by atoms with van der Waals surface area (Å²) in [4.78, 5) is 0. The summed E-state index contributed by atoms with van der Waals surface area (Å²) in [6, 6.07) is 6.03. The van der Waals surface area contributed by atoms with Gasteiger partial charge in [0.2, 0.25) is 0 Å². The highest BCUT2D eigenvalue weighted by molar-refractivity contribution is 9.10. The molecule has 118 valence electrons. The van der Waals surface area contributed by atoms with Crippen LogP contribution in [-0.4, -0.2) is 39.8 Å². The van der Waals surface area contributed by atoms with Gasteiger partial charge >= 0.3 is 0 Å². The van der Waals surface area contributed by atoms with Gasteiger partial charge < -0.3 is 18.9 Å². The summed E-state index contributed by atoms with van der Waals surface area (Å²) in [7, 11) is 1.70. The molecule has 1 aromatic rings. The predicted molar refractivity (Wildman–Crippen MR) is 84.8 cm³/mol. The van der Waals surface area contributed by atoms with Crippen LogP contribution < -0.4 is 4.74 Å². The summed E-state index contributed by atoms with van der Waals surface area (Å²) in [5.41, 5.74) is 1.14. The molecule has 1 saturated heterocycles. The van der Waals surface area contributed by atoms with Crippen LogP contribution in [0.3, 0.4) is 0 Å². The Bertz CT molecular complexity index is 419. The molecule has 0 saturated carbocycles. The van der Waals surface area contributed by atoms with Crippen LogP contribution in [0.4, 0.5) is 0 Å². The lowest BCUT2D eigenvalue weighted by Gasteiger charge is -2.22. The van der Waals surface area contributed by atoms with Crippen molar-refractivity contribution in [2.45, 2.75) is 32.0 Å². The smallest absolute Gasteiger partial charge is 0.157 e. The number of hydrogen-bond acceptors (Lipinski definition) is 4.